The lowest BCUT2D eigenvalue weighted by Crippen LogP contribution is -2.17. The van der Waals surface area contributed by atoms with Crippen LogP contribution < -0.4 is 0 Å². The zero-order chi connectivity index (χ0) is 15.4. The second-order valence-corrected chi connectivity index (χ2v) is 4.49. The lowest BCUT2D eigenvalue weighted by molar-refractivity contribution is 0.0544. The topological polar surface area (TPSA) is 83.3 Å². The van der Waals surface area contributed by atoms with Crippen LogP contribution in [0.1, 0.15) is 26.5 Å². The van der Waals surface area contributed by atoms with Crippen LogP contribution in [0.25, 0.3) is 0 Å². The summed E-state index contributed by atoms with van der Waals surface area (Å²) < 4.78 is 10.5. The average molecular weight is 310 g/mol. The first-order valence-electron chi connectivity index (χ1n) is 5.91. The molecule has 21 heavy (non-hydrogen) atoms. The summed E-state index contributed by atoms with van der Waals surface area (Å²) in [6.07, 6.45) is 0. The Morgan fingerprint density at radius 1 is 1.24 bits per heavy atom. The number of methoxy groups -OCH3 is 2. The van der Waals surface area contributed by atoms with Crippen molar-refractivity contribution in [2.75, 3.05) is 14.2 Å². The van der Waals surface area contributed by atoms with E-state index >= 15 is 0 Å². The van der Waals surface area contributed by atoms with Crippen molar-refractivity contribution in [3.8, 4) is 0 Å². The molecular formula is C13H12ClN3O4. The highest BCUT2D eigenvalue weighted by molar-refractivity contribution is 6.30. The Kier molecular flexibility index (Phi) is 4.54. The predicted octanol–water partition coefficient (Wildman–Crippen LogP) is 1.55. The lowest BCUT2D eigenvalue weighted by Gasteiger charge is -2.06. The van der Waals surface area contributed by atoms with Gasteiger partial charge in [0.25, 0.3) is 0 Å². The number of benzene rings is 1. The quantitative estimate of drug-likeness (QED) is 0.797. The third-order valence-electron chi connectivity index (χ3n) is 2.71. The molecule has 1 aromatic carbocycles. The molecule has 0 aliphatic heterocycles. The molecule has 0 fully saturated rings. The van der Waals surface area contributed by atoms with Crippen LogP contribution in [0.15, 0.2) is 24.3 Å². The van der Waals surface area contributed by atoms with Gasteiger partial charge >= 0.3 is 11.9 Å². The first-order valence-corrected chi connectivity index (χ1v) is 6.29. The predicted molar refractivity (Wildman–Crippen MR) is 73.3 cm³/mol. The van der Waals surface area contributed by atoms with Gasteiger partial charge in [0, 0.05) is 5.02 Å². The number of halogens is 1. The third kappa shape index (κ3) is 3.19. The Hall–Kier alpha value is -2.41. The molecule has 0 aliphatic carbocycles. The number of nitrogens with zero attached hydrogens (tertiary/aromatic N) is 3. The molecule has 0 aliphatic rings. The van der Waals surface area contributed by atoms with Crippen LogP contribution in [-0.4, -0.2) is 41.2 Å². The highest BCUT2D eigenvalue weighted by atomic mass is 35.5. The number of esters is 2. The van der Waals surface area contributed by atoms with Gasteiger partial charge in [0.2, 0.25) is 5.69 Å². The van der Waals surface area contributed by atoms with Crippen molar-refractivity contribution in [3.05, 3.63) is 46.2 Å². The van der Waals surface area contributed by atoms with E-state index in [4.69, 9.17) is 11.6 Å². The van der Waals surface area contributed by atoms with Gasteiger partial charge in [0.15, 0.2) is 5.69 Å². The van der Waals surface area contributed by atoms with E-state index in [-0.39, 0.29) is 17.9 Å². The Labute approximate surface area is 125 Å². The standard InChI is InChI=1S/C13H12ClN3O4/c1-20-12(18)10-11(13(19)21-2)17(16-15-10)7-8-4-3-5-9(14)6-8/h3-6H,7H2,1-2H3. The maximum atomic E-state index is 11.8. The molecule has 0 atom stereocenters. The van der Waals surface area contributed by atoms with Crippen LogP contribution in [0.4, 0.5) is 0 Å². The summed E-state index contributed by atoms with van der Waals surface area (Å²) in [4.78, 5) is 23.4. The Morgan fingerprint density at radius 2 is 1.95 bits per heavy atom. The summed E-state index contributed by atoms with van der Waals surface area (Å²) in [5.74, 6) is -1.48. The van der Waals surface area contributed by atoms with Crippen molar-refractivity contribution in [3.63, 3.8) is 0 Å². The minimum atomic E-state index is -0.757. The number of carbonyl (C=O) groups is 2. The van der Waals surface area contributed by atoms with Gasteiger partial charge in [0.1, 0.15) is 0 Å². The summed E-state index contributed by atoms with van der Waals surface area (Å²) in [6, 6.07) is 7.04. The minimum absolute atomic E-state index is 0.0654. The Morgan fingerprint density at radius 3 is 2.57 bits per heavy atom. The van der Waals surface area contributed by atoms with E-state index in [0.29, 0.717) is 5.02 Å². The number of ether oxygens (including phenoxy) is 2. The first kappa shape index (κ1) is 15.0. The van der Waals surface area contributed by atoms with E-state index in [1.165, 1.54) is 18.9 Å². The summed E-state index contributed by atoms with van der Waals surface area (Å²) in [7, 11) is 2.40. The summed E-state index contributed by atoms with van der Waals surface area (Å²) in [6.45, 7) is 0.217. The second kappa shape index (κ2) is 6.36. The third-order valence-corrected chi connectivity index (χ3v) is 2.95. The normalized spacial score (nSPS) is 10.2. The van der Waals surface area contributed by atoms with Gasteiger partial charge in [0.05, 0.1) is 20.8 Å². The number of hydrogen-bond acceptors (Lipinski definition) is 6. The maximum Gasteiger partial charge on any atom is 0.361 e. The first-order chi connectivity index (χ1) is 10.1. The van der Waals surface area contributed by atoms with Gasteiger partial charge in [-0.05, 0) is 17.7 Å². The van der Waals surface area contributed by atoms with Crippen LogP contribution >= 0.6 is 11.6 Å². The van der Waals surface area contributed by atoms with Crippen molar-refractivity contribution in [1.82, 2.24) is 15.0 Å². The average Bonchev–Trinajstić information content (AvgIpc) is 2.89. The Balaban J connectivity index is 2.41. The number of carbonyl (C=O) groups excluding carboxylic acids is 2. The van der Waals surface area contributed by atoms with Crippen molar-refractivity contribution in [2.24, 2.45) is 0 Å². The second-order valence-electron chi connectivity index (χ2n) is 4.06. The van der Waals surface area contributed by atoms with E-state index < -0.39 is 11.9 Å². The largest absolute Gasteiger partial charge is 0.464 e. The van der Waals surface area contributed by atoms with E-state index in [0.717, 1.165) is 5.56 Å². The van der Waals surface area contributed by atoms with Crippen LogP contribution in [-0.2, 0) is 16.0 Å². The highest BCUT2D eigenvalue weighted by Gasteiger charge is 2.26. The van der Waals surface area contributed by atoms with Gasteiger partial charge in [-0.2, -0.15) is 0 Å². The minimum Gasteiger partial charge on any atom is -0.464 e. The van der Waals surface area contributed by atoms with Crippen LogP contribution in [0, 0.1) is 0 Å². The molecule has 2 rings (SSSR count). The van der Waals surface area contributed by atoms with Crippen molar-refractivity contribution in [1.29, 1.82) is 0 Å². The summed E-state index contributed by atoms with van der Waals surface area (Å²) in [5.41, 5.74) is 0.546. The number of aromatic nitrogens is 3. The fourth-order valence-corrected chi connectivity index (χ4v) is 1.98. The highest BCUT2D eigenvalue weighted by Crippen LogP contribution is 2.14. The molecule has 1 heterocycles. The molecule has 0 saturated carbocycles. The van der Waals surface area contributed by atoms with Crippen molar-refractivity contribution >= 4 is 23.5 Å². The molecule has 1 aromatic heterocycles. The van der Waals surface area contributed by atoms with Gasteiger partial charge in [-0.25, -0.2) is 14.3 Å². The zero-order valence-electron chi connectivity index (χ0n) is 11.4. The van der Waals surface area contributed by atoms with Gasteiger partial charge < -0.3 is 9.47 Å². The smallest absolute Gasteiger partial charge is 0.361 e. The van der Waals surface area contributed by atoms with Gasteiger partial charge in [-0.1, -0.05) is 28.9 Å². The molecule has 110 valence electrons. The van der Waals surface area contributed by atoms with Gasteiger partial charge in [-0.15, -0.1) is 5.10 Å². The molecule has 0 N–H and O–H groups in total. The fraction of sp³-hybridized carbons (Fsp3) is 0.231. The van der Waals surface area contributed by atoms with Crippen LogP contribution in [0.2, 0.25) is 5.02 Å². The number of rotatable bonds is 4. The lowest BCUT2D eigenvalue weighted by atomic mass is 10.2. The van der Waals surface area contributed by atoms with Crippen molar-refractivity contribution in [2.45, 2.75) is 6.54 Å². The molecule has 7 nitrogen and oxygen atoms in total. The molecule has 0 bridgehead atoms. The van der Waals surface area contributed by atoms with Crippen molar-refractivity contribution < 1.29 is 19.1 Å². The molecular weight excluding hydrogens is 298 g/mol. The molecule has 0 radical (unpaired) electrons. The van der Waals surface area contributed by atoms with E-state index in [1.807, 2.05) is 6.07 Å². The SMILES string of the molecule is COC(=O)c1nnn(Cc2cccc(Cl)c2)c1C(=O)OC. The summed E-state index contributed by atoms with van der Waals surface area (Å²) in [5, 5.41) is 8.04. The fourth-order valence-electron chi connectivity index (χ4n) is 1.76. The molecule has 0 unspecified atom stereocenters. The van der Waals surface area contributed by atoms with Crippen LogP contribution in [0.3, 0.4) is 0 Å². The molecule has 0 spiro atoms. The summed E-state index contributed by atoms with van der Waals surface area (Å²) >= 11 is 5.91. The molecule has 8 heteroatoms. The maximum absolute atomic E-state index is 11.8. The van der Waals surface area contributed by atoms with E-state index in [2.05, 4.69) is 19.8 Å². The Bertz CT molecular complexity index is 684. The zero-order valence-corrected chi connectivity index (χ0v) is 12.1. The van der Waals surface area contributed by atoms with Gasteiger partial charge in [-0.3, -0.25) is 0 Å². The number of hydrogen-bond donors (Lipinski definition) is 0. The van der Waals surface area contributed by atoms with Crippen LogP contribution in [0.5, 0.6) is 0 Å². The monoisotopic (exact) mass is 309 g/mol. The molecule has 0 saturated heterocycles. The van der Waals surface area contributed by atoms with E-state index in [9.17, 15) is 9.59 Å². The van der Waals surface area contributed by atoms with E-state index in [1.54, 1.807) is 18.2 Å². The molecule has 2 aromatic rings. The molecule has 0 amide bonds.